The molecule has 2 aliphatic rings. The van der Waals surface area contributed by atoms with Crippen LogP contribution in [0.15, 0.2) is 12.1 Å². The van der Waals surface area contributed by atoms with E-state index in [9.17, 15) is 15.2 Å². The monoisotopic (exact) mass is 300 g/mol. The molecule has 2 fully saturated rings. The van der Waals surface area contributed by atoms with Gasteiger partial charge in [0.25, 0.3) is 0 Å². The Labute approximate surface area is 130 Å². The molecule has 0 radical (unpaired) electrons. The fourth-order valence-corrected chi connectivity index (χ4v) is 3.34. The van der Waals surface area contributed by atoms with Crippen LogP contribution in [0.3, 0.4) is 0 Å². The zero-order chi connectivity index (χ0) is 15.9. The summed E-state index contributed by atoms with van der Waals surface area (Å²) in [6.45, 7) is 5.00. The lowest BCUT2D eigenvalue weighted by Crippen LogP contribution is -2.58. The van der Waals surface area contributed by atoms with E-state index in [1.807, 2.05) is 26.0 Å². The summed E-state index contributed by atoms with van der Waals surface area (Å²) in [6.07, 6.45) is 1.40. The zero-order valence-corrected chi connectivity index (χ0v) is 12.9. The van der Waals surface area contributed by atoms with Crippen LogP contribution in [0.1, 0.15) is 43.9 Å². The highest BCUT2D eigenvalue weighted by Crippen LogP contribution is 2.41. The van der Waals surface area contributed by atoms with Gasteiger partial charge < -0.3 is 10.0 Å². The number of carbonyl (C=O) groups is 1. The van der Waals surface area contributed by atoms with Crippen molar-refractivity contribution < 1.29 is 9.90 Å². The van der Waals surface area contributed by atoms with E-state index in [1.165, 1.54) is 4.90 Å². The number of rotatable bonds is 2. The van der Waals surface area contributed by atoms with Crippen molar-refractivity contribution in [3.8, 4) is 6.07 Å². The van der Waals surface area contributed by atoms with Crippen LogP contribution in [-0.2, 0) is 0 Å². The summed E-state index contributed by atoms with van der Waals surface area (Å²) in [5, 5.41) is 18.6. The average Bonchev–Trinajstić information content (AvgIpc) is 3.29. The van der Waals surface area contributed by atoms with Gasteiger partial charge in [0.05, 0.1) is 12.1 Å². The number of carboxylic acid groups (broad SMARTS) is 1. The Morgan fingerprint density at radius 3 is 2.45 bits per heavy atom. The van der Waals surface area contributed by atoms with Crippen LogP contribution in [0.2, 0.25) is 0 Å². The summed E-state index contributed by atoms with van der Waals surface area (Å²) >= 11 is 0. The molecule has 1 amide bonds. The standard InChI is InChI=1S/C16H20N4O2/c1-10-8-19(9-11(2)20(10)16(21)22)15-6-5-13(12-3-4-12)14(7-17)18-15/h5-6,10-12H,3-4,8-9H2,1-2H3,(H,21,22)/t10-,11+. The topological polar surface area (TPSA) is 80.5 Å². The van der Waals surface area contributed by atoms with Crippen LogP contribution in [0.4, 0.5) is 10.6 Å². The molecule has 1 aliphatic carbocycles. The van der Waals surface area contributed by atoms with E-state index in [4.69, 9.17) is 0 Å². The first-order valence-electron chi connectivity index (χ1n) is 7.68. The molecule has 0 bridgehead atoms. The largest absolute Gasteiger partial charge is 0.465 e. The van der Waals surface area contributed by atoms with Gasteiger partial charge in [0.15, 0.2) is 0 Å². The average molecular weight is 300 g/mol. The highest BCUT2D eigenvalue weighted by atomic mass is 16.4. The van der Waals surface area contributed by atoms with Gasteiger partial charge in [-0.05, 0) is 44.2 Å². The second-order valence-electron chi connectivity index (χ2n) is 6.29. The third-order valence-corrected chi connectivity index (χ3v) is 4.50. The molecule has 1 aromatic rings. The highest BCUT2D eigenvalue weighted by molar-refractivity contribution is 5.66. The molecule has 1 aliphatic heterocycles. The Morgan fingerprint density at radius 2 is 1.95 bits per heavy atom. The minimum Gasteiger partial charge on any atom is -0.465 e. The maximum Gasteiger partial charge on any atom is 0.407 e. The fourth-order valence-electron chi connectivity index (χ4n) is 3.34. The predicted molar refractivity (Wildman–Crippen MR) is 81.9 cm³/mol. The van der Waals surface area contributed by atoms with E-state index in [-0.39, 0.29) is 12.1 Å². The van der Waals surface area contributed by atoms with Crippen molar-refractivity contribution in [2.24, 2.45) is 0 Å². The molecule has 2 atom stereocenters. The Kier molecular flexibility index (Phi) is 3.65. The van der Waals surface area contributed by atoms with Crippen molar-refractivity contribution >= 4 is 11.9 Å². The minimum atomic E-state index is -0.880. The van der Waals surface area contributed by atoms with Crippen molar-refractivity contribution in [2.45, 2.75) is 44.7 Å². The molecular weight excluding hydrogens is 280 g/mol. The second kappa shape index (κ2) is 5.48. The van der Waals surface area contributed by atoms with Crippen LogP contribution in [0.25, 0.3) is 0 Å². The third-order valence-electron chi connectivity index (χ3n) is 4.50. The molecule has 1 saturated heterocycles. The minimum absolute atomic E-state index is 0.100. The van der Waals surface area contributed by atoms with Crippen molar-refractivity contribution in [1.29, 1.82) is 5.26 Å². The molecule has 1 saturated carbocycles. The molecule has 22 heavy (non-hydrogen) atoms. The van der Waals surface area contributed by atoms with Crippen LogP contribution in [0.5, 0.6) is 0 Å². The summed E-state index contributed by atoms with van der Waals surface area (Å²) in [6, 6.07) is 5.98. The molecule has 1 aromatic heterocycles. The molecule has 2 heterocycles. The fraction of sp³-hybridized carbons (Fsp3) is 0.562. The Hall–Kier alpha value is -2.29. The van der Waals surface area contributed by atoms with E-state index in [1.54, 1.807) is 0 Å². The highest BCUT2D eigenvalue weighted by Gasteiger charge is 2.34. The van der Waals surface area contributed by atoms with Crippen LogP contribution in [0, 0.1) is 11.3 Å². The summed E-state index contributed by atoms with van der Waals surface area (Å²) in [5.41, 5.74) is 1.57. The normalized spacial score (nSPS) is 25.0. The number of nitrogens with zero attached hydrogens (tertiary/aromatic N) is 4. The molecule has 116 valence electrons. The van der Waals surface area contributed by atoms with Crippen molar-refractivity contribution in [2.75, 3.05) is 18.0 Å². The van der Waals surface area contributed by atoms with E-state index in [2.05, 4.69) is 16.0 Å². The van der Waals surface area contributed by atoms with Gasteiger partial charge >= 0.3 is 6.09 Å². The lowest BCUT2D eigenvalue weighted by atomic mass is 10.1. The Bertz CT molecular complexity index is 624. The lowest BCUT2D eigenvalue weighted by molar-refractivity contribution is 0.0981. The van der Waals surface area contributed by atoms with Crippen LogP contribution in [-0.4, -0.2) is 46.3 Å². The predicted octanol–water partition coefficient (Wildman–Crippen LogP) is 2.41. The molecule has 0 aromatic carbocycles. The smallest absolute Gasteiger partial charge is 0.407 e. The number of amides is 1. The Morgan fingerprint density at radius 1 is 1.32 bits per heavy atom. The quantitative estimate of drug-likeness (QED) is 0.907. The first-order valence-corrected chi connectivity index (χ1v) is 7.68. The van der Waals surface area contributed by atoms with Gasteiger partial charge in [0.2, 0.25) is 0 Å². The SMILES string of the molecule is C[C@@H]1CN(c2ccc(C3CC3)c(C#N)n2)C[C@H](C)N1C(=O)O. The second-order valence-corrected chi connectivity index (χ2v) is 6.29. The van der Waals surface area contributed by atoms with Gasteiger partial charge in [-0.15, -0.1) is 0 Å². The number of hydrogen-bond donors (Lipinski definition) is 1. The maximum atomic E-state index is 11.3. The number of nitriles is 1. The first kappa shape index (κ1) is 14.6. The van der Waals surface area contributed by atoms with Gasteiger partial charge in [-0.25, -0.2) is 9.78 Å². The number of hydrogen-bond acceptors (Lipinski definition) is 4. The van der Waals surface area contributed by atoms with Gasteiger partial charge in [-0.3, -0.25) is 4.90 Å². The molecule has 0 unspecified atom stereocenters. The summed E-state index contributed by atoms with van der Waals surface area (Å²) < 4.78 is 0. The summed E-state index contributed by atoms with van der Waals surface area (Å²) in [5.74, 6) is 1.27. The molecule has 3 rings (SSSR count). The molecule has 6 heteroatoms. The van der Waals surface area contributed by atoms with Gasteiger partial charge in [-0.1, -0.05) is 6.07 Å². The van der Waals surface area contributed by atoms with Crippen LogP contribution < -0.4 is 4.90 Å². The van der Waals surface area contributed by atoms with Gasteiger partial charge in [-0.2, -0.15) is 5.26 Å². The number of piperazine rings is 1. The van der Waals surface area contributed by atoms with Crippen LogP contribution >= 0.6 is 0 Å². The summed E-state index contributed by atoms with van der Waals surface area (Å²) in [4.78, 5) is 19.4. The third kappa shape index (κ3) is 2.59. The molecule has 1 N–H and O–H groups in total. The van der Waals surface area contributed by atoms with E-state index >= 15 is 0 Å². The molecule has 6 nitrogen and oxygen atoms in total. The molecule has 0 spiro atoms. The van der Waals surface area contributed by atoms with Gasteiger partial charge in [0, 0.05) is 13.1 Å². The number of anilines is 1. The van der Waals surface area contributed by atoms with E-state index < -0.39 is 6.09 Å². The van der Waals surface area contributed by atoms with E-state index in [0.29, 0.717) is 24.7 Å². The van der Waals surface area contributed by atoms with Crippen molar-refractivity contribution in [1.82, 2.24) is 9.88 Å². The van der Waals surface area contributed by atoms with E-state index in [0.717, 1.165) is 24.2 Å². The number of pyridine rings is 1. The lowest BCUT2D eigenvalue weighted by Gasteiger charge is -2.43. The first-order chi connectivity index (χ1) is 10.5. The van der Waals surface area contributed by atoms with Crippen molar-refractivity contribution in [3.63, 3.8) is 0 Å². The molecular formula is C16H20N4O2. The summed E-state index contributed by atoms with van der Waals surface area (Å²) in [7, 11) is 0. The number of aromatic nitrogens is 1. The Balaban J connectivity index is 1.83. The van der Waals surface area contributed by atoms with Gasteiger partial charge in [0.1, 0.15) is 17.6 Å². The van der Waals surface area contributed by atoms with Crippen molar-refractivity contribution in [3.05, 3.63) is 23.4 Å². The maximum absolute atomic E-state index is 11.3. The zero-order valence-electron chi connectivity index (χ0n) is 12.9.